The average Bonchev–Trinajstić information content (AvgIpc) is 3.33. The van der Waals surface area contributed by atoms with Crippen molar-refractivity contribution in [1.82, 2.24) is 0 Å². The second kappa shape index (κ2) is 6.26. The van der Waals surface area contributed by atoms with Crippen molar-refractivity contribution in [2.45, 2.75) is 25.8 Å². The van der Waals surface area contributed by atoms with Gasteiger partial charge in [-0.25, -0.2) is 0 Å². The molecule has 2 aromatic carbocycles. The van der Waals surface area contributed by atoms with Gasteiger partial charge in [0.1, 0.15) is 5.75 Å². The summed E-state index contributed by atoms with van der Waals surface area (Å²) in [6.45, 7) is 2.15. The summed E-state index contributed by atoms with van der Waals surface area (Å²) in [4.78, 5) is 0. The number of ether oxygens (including phenoxy) is 1. The molecule has 0 saturated heterocycles. The molecule has 1 unspecified atom stereocenters. The zero-order valence-electron chi connectivity index (χ0n) is 12.4. The largest absolute Gasteiger partial charge is 0.497 e. The molecule has 1 fully saturated rings. The first-order valence-electron chi connectivity index (χ1n) is 7.34. The normalized spacial score (nSPS) is 15.6. The predicted octanol–water partition coefficient (Wildman–Crippen LogP) is 5.17. The van der Waals surface area contributed by atoms with E-state index in [1.54, 1.807) is 7.11 Å². The second-order valence-corrected chi connectivity index (χ2v) is 6.86. The molecular weight excluding hydrogens is 373 g/mol. The minimum Gasteiger partial charge on any atom is -0.497 e. The Labute approximate surface area is 140 Å². The van der Waals surface area contributed by atoms with Crippen molar-refractivity contribution in [3.8, 4) is 5.75 Å². The Balaban J connectivity index is 1.82. The molecule has 1 saturated carbocycles. The summed E-state index contributed by atoms with van der Waals surface area (Å²) in [6.07, 6.45) is 2.62. The van der Waals surface area contributed by atoms with E-state index in [0.29, 0.717) is 6.04 Å². The zero-order chi connectivity index (χ0) is 14.8. The van der Waals surface area contributed by atoms with Gasteiger partial charge < -0.3 is 10.1 Å². The highest BCUT2D eigenvalue weighted by atomic mass is 127. The molecule has 0 radical (unpaired) electrons. The molecule has 0 heterocycles. The van der Waals surface area contributed by atoms with Crippen LogP contribution in [-0.4, -0.2) is 7.11 Å². The smallest absolute Gasteiger partial charge is 0.118 e. The van der Waals surface area contributed by atoms with Gasteiger partial charge in [-0.15, -0.1) is 0 Å². The summed E-state index contributed by atoms with van der Waals surface area (Å²) in [5, 5.41) is 3.72. The standard InChI is InChI=1S/C18H20INO/c1-12-3-8-15(11-17(12)19)20-18(13-4-5-13)14-6-9-16(21-2)10-7-14/h3,6-11,13,18,20H,4-5H2,1-2H3. The molecule has 2 aromatic rings. The SMILES string of the molecule is COc1ccc(C(Nc2ccc(C)c(I)c2)C2CC2)cc1. The van der Waals surface area contributed by atoms with Gasteiger partial charge >= 0.3 is 0 Å². The van der Waals surface area contributed by atoms with Crippen molar-refractivity contribution < 1.29 is 4.74 Å². The Morgan fingerprint density at radius 1 is 1.14 bits per heavy atom. The number of anilines is 1. The minimum absolute atomic E-state index is 0.398. The number of nitrogens with one attached hydrogen (secondary N) is 1. The maximum atomic E-state index is 5.25. The van der Waals surface area contributed by atoms with Gasteiger partial charge in [0, 0.05) is 9.26 Å². The monoisotopic (exact) mass is 393 g/mol. The summed E-state index contributed by atoms with van der Waals surface area (Å²) in [6, 6.07) is 15.4. The first kappa shape index (κ1) is 14.7. The molecule has 0 aliphatic heterocycles. The van der Waals surface area contributed by atoms with Crippen molar-refractivity contribution in [3.05, 3.63) is 57.2 Å². The number of aryl methyl sites for hydroxylation is 1. The fraction of sp³-hybridized carbons (Fsp3) is 0.333. The second-order valence-electron chi connectivity index (χ2n) is 5.70. The van der Waals surface area contributed by atoms with Crippen LogP contribution in [-0.2, 0) is 0 Å². The van der Waals surface area contributed by atoms with Crippen molar-refractivity contribution in [2.75, 3.05) is 12.4 Å². The van der Waals surface area contributed by atoms with Gasteiger partial charge in [0.05, 0.1) is 13.2 Å². The molecule has 0 amide bonds. The highest BCUT2D eigenvalue weighted by Crippen LogP contribution is 2.43. The van der Waals surface area contributed by atoms with E-state index in [-0.39, 0.29) is 0 Å². The van der Waals surface area contributed by atoms with Crippen LogP contribution >= 0.6 is 22.6 Å². The van der Waals surface area contributed by atoms with Crippen LogP contribution in [0.25, 0.3) is 0 Å². The highest BCUT2D eigenvalue weighted by Gasteiger charge is 2.32. The fourth-order valence-electron chi connectivity index (χ4n) is 2.58. The van der Waals surface area contributed by atoms with Gasteiger partial charge in [-0.05, 0) is 83.7 Å². The Hall–Kier alpha value is -1.23. The maximum Gasteiger partial charge on any atom is 0.118 e. The lowest BCUT2D eigenvalue weighted by Gasteiger charge is -2.21. The number of rotatable bonds is 5. The number of benzene rings is 2. The Kier molecular flexibility index (Phi) is 4.38. The molecule has 3 heteroatoms. The molecule has 0 bridgehead atoms. The Morgan fingerprint density at radius 3 is 2.43 bits per heavy atom. The molecule has 0 spiro atoms. The van der Waals surface area contributed by atoms with Crippen LogP contribution in [0.15, 0.2) is 42.5 Å². The number of hydrogen-bond donors (Lipinski definition) is 1. The van der Waals surface area contributed by atoms with Gasteiger partial charge in [0.2, 0.25) is 0 Å². The van der Waals surface area contributed by atoms with Crippen LogP contribution in [0.5, 0.6) is 5.75 Å². The molecule has 0 aromatic heterocycles. The topological polar surface area (TPSA) is 21.3 Å². The molecule has 110 valence electrons. The van der Waals surface area contributed by atoms with E-state index in [9.17, 15) is 0 Å². The van der Waals surface area contributed by atoms with Gasteiger partial charge in [0.25, 0.3) is 0 Å². The van der Waals surface area contributed by atoms with Crippen LogP contribution < -0.4 is 10.1 Å². The van der Waals surface area contributed by atoms with Crippen LogP contribution in [0.1, 0.15) is 30.0 Å². The molecule has 2 nitrogen and oxygen atoms in total. The summed E-state index contributed by atoms with van der Waals surface area (Å²) >= 11 is 2.40. The summed E-state index contributed by atoms with van der Waals surface area (Å²) in [5.74, 6) is 1.66. The predicted molar refractivity (Wildman–Crippen MR) is 96.0 cm³/mol. The summed E-state index contributed by atoms with van der Waals surface area (Å²) in [5.41, 5.74) is 3.88. The van der Waals surface area contributed by atoms with E-state index in [1.807, 2.05) is 12.1 Å². The zero-order valence-corrected chi connectivity index (χ0v) is 14.6. The summed E-state index contributed by atoms with van der Waals surface area (Å²) < 4.78 is 6.56. The molecule has 1 aliphatic carbocycles. The highest BCUT2D eigenvalue weighted by molar-refractivity contribution is 14.1. The first-order chi connectivity index (χ1) is 10.2. The van der Waals surface area contributed by atoms with Gasteiger partial charge in [-0.1, -0.05) is 18.2 Å². The Bertz CT molecular complexity index is 620. The van der Waals surface area contributed by atoms with E-state index < -0.39 is 0 Å². The maximum absolute atomic E-state index is 5.25. The molecule has 3 rings (SSSR count). The number of hydrogen-bond acceptors (Lipinski definition) is 2. The molecule has 1 aliphatic rings. The van der Waals surface area contributed by atoms with E-state index in [1.165, 1.54) is 33.2 Å². The van der Waals surface area contributed by atoms with Gasteiger partial charge in [-0.3, -0.25) is 0 Å². The lowest BCUT2D eigenvalue weighted by Crippen LogP contribution is -2.13. The third-order valence-electron chi connectivity index (χ3n) is 4.06. The van der Waals surface area contributed by atoms with E-state index in [2.05, 4.69) is 65.2 Å². The van der Waals surface area contributed by atoms with Crippen LogP contribution in [0.2, 0.25) is 0 Å². The lowest BCUT2D eigenvalue weighted by molar-refractivity contribution is 0.414. The molecule has 1 atom stereocenters. The number of methoxy groups -OCH3 is 1. The summed E-state index contributed by atoms with van der Waals surface area (Å²) in [7, 11) is 1.71. The fourth-order valence-corrected chi connectivity index (χ4v) is 3.09. The van der Waals surface area contributed by atoms with Crippen molar-refractivity contribution in [2.24, 2.45) is 5.92 Å². The Morgan fingerprint density at radius 2 is 1.86 bits per heavy atom. The molecule has 1 N–H and O–H groups in total. The third kappa shape index (κ3) is 3.51. The first-order valence-corrected chi connectivity index (χ1v) is 8.42. The van der Waals surface area contributed by atoms with E-state index >= 15 is 0 Å². The lowest BCUT2D eigenvalue weighted by atomic mass is 10.0. The van der Waals surface area contributed by atoms with Crippen molar-refractivity contribution >= 4 is 28.3 Å². The van der Waals surface area contributed by atoms with E-state index in [0.717, 1.165) is 11.7 Å². The van der Waals surface area contributed by atoms with Crippen LogP contribution in [0.3, 0.4) is 0 Å². The van der Waals surface area contributed by atoms with Gasteiger partial charge in [-0.2, -0.15) is 0 Å². The number of halogens is 1. The van der Waals surface area contributed by atoms with Crippen LogP contribution in [0.4, 0.5) is 5.69 Å². The van der Waals surface area contributed by atoms with Crippen molar-refractivity contribution in [1.29, 1.82) is 0 Å². The van der Waals surface area contributed by atoms with E-state index in [4.69, 9.17) is 4.74 Å². The average molecular weight is 393 g/mol. The molecular formula is C18H20INO. The van der Waals surface area contributed by atoms with Crippen molar-refractivity contribution in [3.63, 3.8) is 0 Å². The quantitative estimate of drug-likeness (QED) is 0.708. The minimum atomic E-state index is 0.398. The van der Waals surface area contributed by atoms with Gasteiger partial charge in [0.15, 0.2) is 0 Å². The third-order valence-corrected chi connectivity index (χ3v) is 5.22. The molecule has 21 heavy (non-hydrogen) atoms. The van der Waals surface area contributed by atoms with Crippen LogP contribution in [0, 0.1) is 16.4 Å².